The third-order valence-corrected chi connectivity index (χ3v) is 25.1. The summed E-state index contributed by atoms with van der Waals surface area (Å²) in [6, 6.07) is 10.9. The molecule has 36 nitrogen and oxygen atoms in total. The lowest BCUT2D eigenvalue weighted by Crippen LogP contribution is -2.63. The number of unbranched alkanes of at least 4 members (excludes halogenated alkanes) is 3. The van der Waals surface area contributed by atoms with E-state index in [1.54, 1.807) is 32.9 Å². The van der Waals surface area contributed by atoms with Crippen LogP contribution in [0.3, 0.4) is 0 Å². The fourth-order valence-corrected chi connectivity index (χ4v) is 17.9. The predicted octanol–water partition coefficient (Wildman–Crippen LogP) is 6.76. The van der Waals surface area contributed by atoms with Crippen LogP contribution in [-0.2, 0) is 73.9 Å². The fourth-order valence-electron chi connectivity index (χ4n) is 16.4. The normalized spacial score (nSPS) is 26.6. The van der Waals surface area contributed by atoms with Crippen molar-refractivity contribution in [2.24, 2.45) is 23.5 Å². The number of primary amides is 1. The van der Waals surface area contributed by atoms with Crippen molar-refractivity contribution in [2.75, 3.05) is 31.6 Å². The molecule has 3 saturated heterocycles. The van der Waals surface area contributed by atoms with Crippen LogP contribution in [0.1, 0.15) is 176 Å². The predicted molar refractivity (Wildman–Crippen MR) is 447 cm³/mol. The zero-order valence-corrected chi connectivity index (χ0v) is 71.4. The number of nitrogens with two attached hydrogens (primary N) is 1. The number of carbonyl (C=O) groups excluding carboxylic acids is 8. The highest BCUT2D eigenvalue weighted by Crippen LogP contribution is 2.52. The number of nitrogens with one attached hydrogen (secondary N) is 8. The quantitative estimate of drug-likeness (QED) is 0.0237. The lowest BCUT2D eigenvalue weighted by atomic mass is 9.84. The number of phenols is 3. The van der Waals surface area contributed by atoms with Crippen molar-refractivity contribution in [1.82, 2.24) is 36.6 Å². The number of ketones is 2. The molecular formula is C86H103Cl2N9O27S. The molecular weight excluding hydrogens is 1690 g/mol. The number of rotatable bonds is 27. The summed E-state index contributed by atoms with van der Waals surface area (Å²) >= 11 is 14.4. The molecule has 0 saturated carbocycles. The van der Waals surface area contributed by atoms with E-state index in [0.29, 0.717) is 12.8 Å². The highest BCUT2D eigenvalue weighted by Gasteiger charge is 2.56. The lowest BCUT2D eigenvalue weighted by molar-refractivity contribution is -0.332. The summed E-state index contributed by atoms with van der Waals surface area (Å²) in [7, 11) is -3.93. The molecule has 0 aromatic heterocycles. The maximum absolute atomic E-state index is 16.5. The first-order valence-corrected chi connectivity index (χ1v) is 43.4. The minimum absolute atomic E-state index is 0.00157. The van der Waals surface area contributed by atoms with Crippen molar-refractivity contribution in [3.8, 4) is 57.1 Å². The van der Waals surface area contributed by atoms with Crippen LogP contribution in [0.5, 0.6) is 46.0 Å². The SMILES string of the molecule is CCCCCNc1ccc(S(=O)(=O)NCCCCNCc2c(O)cc3c(c2O)-c2cc(ccc2O)[C@H]2CC(=O)[C@@H]4NC(=O)[C@H](CC(N)=O)CC(=O)[C@H](NC(=O)[C@H](CC)CC(C)C)[C@H](O)c5ccc(c(Cl)c5)Oc5cc4cc(c5O[C@@H]4O[C@H](CO)[C@@H](O)[C@H](O)[C@H]4O[C@H]4C[C@]5(C)NC(=O)O[C@@H]5[C@H](C)O4)Oc4ccc(cc4Cl)[C@@H](O)[C@H](NC2=O)C(=O)N[C@@H]3C(=O)O)cc1. The Morgan fingerprint density at radius 2 is 1.38 bits per heavy atom. The van der Waals surface area contributed by atoms with Crippen molar-refractivity contribution in [3.63, 3.8) is 0 Å². The Labute approximate surface area is 728 Å². The molecule has 0 spiro atoms. The molecule has 0 unspecified atom stereocenters. The van der Waals surface area contributed by atoms with Gasteiger partial charge in [-0.15, -0.1) is 0 Å². The number of aliphatic hydroxyl groups is 5. The van der Waals surface area contributed by atoms with E-state index in [4.69, 9.17) is 62.1 Å². The molecule has 11 bridgehead atoms. The summed E-state index contributed by atoms with van der Waals surface area (Å²) in [5, 5.41) is 126. The largest absolute Gasteiger partial charge is 0.507 e. The number of phenolic OH excluding ortho intramolecular Hbond substituents is 3. The number of aliphatic carboxylic acids is 1. The number of carboxylic acids is 1. The van der Waals surface area contributed by atoms with Gasteiger partial charge in [0.05, 0.1) is 50.6 Å². The molecule has 125 heavy (non-hydrogen) atoms. The molecule has 14 rings (SSSR count). The molecule has 18 atom stereocenters. The number of alkyl carbamates (subject to hydrolysis) is 1. The summed E-state index contributed by atoms with van der Waals surface area (Å²) in [5.41, 5.74) is 2.45. The van der Waals surface area contributed by atoms with Gasteiger partial charge in [0, 0.05) is 73.6 Å². The van der Waals surface area contributed by atoms with Gasteiger partial charge in [-0.25, -0.2) is 22.7 Å². The Kier molecular flexibility index (Phi) is 30.0. The summed E-state index contributed by atoms with van der Waals surface area (Å²) < 4.78 is 73.8. The second kappa shape index (κ2) is 40.0. The van der Waals surface area contributed by atoms with Crippen LogP contribution in [0.4, 0.5) is 10.5 Å². The standard InChI is InChI=1S/C86H103Cl2N9O27S/c1-7-9-10-24-91-47-16-18-48(19-17-47)125(116,117)92-25-12-11-23-90-37-52-56(100)35-51-66(73(52)106)50-27-42(13-20-55(50)99)49-34-58(102)67-45-31-61(119-59-21-14-43(28-53(59)87)71(104)69(95-79(109)41(8-2)26-39(3)4)57(101)30-46(33-64(89)103)80(110)93-67)76(62(32-45)120-60-22-15-44(29-54(60)88)72(105)70(96-81(49)111)82(112)94-68(51)83(113)114)123-84-77(75(108)74(107)63(38-98)121-84)122-65-36-86(6)78(40(5)118-65)124-85(115)97-86/h13-22,27-29,31-32,35,39-41,46,49,63,65,67-72,74-75,77-78,84,90-92,98-100,104-108H,7-12,23-26,30,33-34,36-38H2,1-6H3,(H2,89,103)(H,93,110)(H,94,112)(H,95,109)(H,96,111)(H,97,115)(H,113,114)/t40-,41+,46-,49+,63+,65-,67+,68-,69-,70-,71+,72+,74+,75-,77+,78+,84-,86-/m0/s1. The highest BCUT2D eigenvalue weighted by atomic mass is 35.5. The second-order valence-electron chi connectivity index (χ2n) is 32.7. The van der Waals surface area contributed by atoms with Gasteiger partial charge in [-0.2, -0.15) is 0 Å². The average Bonchev–Trinajstić information content (AvgIpc) is 1.43. The van der Waals surface area contributed by atoms with E-state index in [1.165, 1.54) is 30.3 Å². The van der Waals surface area contributed by atoms with Crippen LogP contribution in [0, 0.1) is 17.8 Å². The van der Waals surface area contributed by atoms with Crippen molar-refractivity contribution < 1.29 is 131 Å². The second-order valence-corrected chi connectivity index (χ2v) is 35.3. The Hall–Kier alpha value is -10.5. The number of benzene rings is 6. The number of aromatic hydroxyl groups is 3. The highest BCUT2D eigenvalue weighted by molar-refractivity contribution is 7.89. The molecule has 8 heterocycles. The molecule has 0 radical (unpaired) electrons. The summed E-state index contributed by atoms with van der Waals surface area (Å²) in [5.74, 6) is -19.6. The number of aliphatic hydroxyl groups excluding tert-OH is 5. The van der Waals surface area contributed by atoms with Gasteiger partial charge in [0.25, 0.3) is 0 Å². The van der Waals surface area contributed by atoms with E-state index >= 15 is 24.0 Å². The van der Waals surface area contributed by atoms with E-state index in [1.807, 2.05) is 13.8 Å². The minimum Gasteiger partial charge on any atom is -0.507 e. The fraction of sp³-hybridized carbons (Fsp3) is 0.477. The Balaban J connectivity index is 0.995. The van der Waals surface area contributed by atoms with E-state index in [2.05, 4.69) is 48.9 Å². The number of anilines is 1. The monoisotopic (exact) mass is 1800 g/mol. The molecule has 674 valence electrons. The molecule has 6 aromatic carbocycles. The number of fused-ring (bicyclic) bond motifs is 16. The summed E-state index contributed by atoms with van der Waals surface area (Å²) in [4.78, 5) is 133. The number of ether oxygens (including phenoxy) is 7. The van der Waals surface area contributed by atoms with E-state index in [-0.39, 0.29) is 76.2 Å². The molecule has 6 aromatic rings. The average molecular weight is 1800 g/mol. The maximum atomic E-state index is 16.5. The first-order chi connectivity index (χ1) is 59.4. The molecule has 39 heteroatoms. The van der Waals surface area contributed by atoms with E-state index in [0.717, 1.165) is 86.1 Å². The van der Waals surface area contributed by atoms with Crippen LogP contribution in [0.25, 0.3) is 11.1 Å². The maximum Gasteiger partial charge on any atom is 0.408 e. The summed E-state index contributed by atoms with van der Waals surface area (Å²) in [6.45, 7) is 10.3. The van der Waals surface area contributed by atoms with Crippen molar-refractivity contribution in [2.45, 2.75) is 221 Å². The topological polar surface area (TPSA) is 557 Å². The van der Waals surface area contributed by atoms with Gasteiger partial charge in [0.1, 0.15) is 77.4 Å². The molecule has 6 amide bonds. The number of amides is 6. The van der Waals surface area contributed by atoms with Gasteiger partial charge in [-0.1, -0.05) is 81.9 Å². The number of hydrogen-bond donors (Lipinski definition) is 18. The Morgan fingerprint density at radius 1 is 0.720 bits per heavy atom. The molecule has 3 fully saturated rings. The van der Waals surface area contributed by atoms with Gasteiger partial charge in [0.15, 0.2) is 47.6 Å². The van der Waals surface area contributed by atoms with Crippen LogP contribution in [0.15, 0.2) is 102 Å². The lowest BCUT2D eigenvalue weighted by Gasteiger charge is -2.46. The number of carboxylic acid groups (broad SMARTS) is 1. The molecule has 19 N–H and O–H groups in total. The number of sulfonamides is 1. The third-order valence-electron chi connectivity index (χ3n) is 23.1. The first-order valence-electron chi connectivity index (χ1n) is 41.2. The third kappa shape index (κ3) is 21.3. The number of carbonyl (C=O) groups is 9. The Bertz CT molecular complexity index is 5190. The molecule has 8 aliphatic rings. The zero-order valence-electron chi connectivity index (χ0n) is 69.1. The van der Waals surface area contributed by atoms with Crippen LogP contribution < -0.4 is 61.9 Å². The first kappa shape index (κ1) is 93.6. The number of Topliss-reactive ketones (excluding diaryl/α,β-unsaturated/α-hetero) is 2. The van der Waals surface area contributed by atoms with Gasteiger partial charge < -0.3 is 122 Å². The van der Waals surface area contributed by atoms with Crippen LogP contribution in [0.2, 0.25) is 10.0 Å². The van der Waals surface area contributed by atoms with Crippen molar-refractivity contribution >= 4 is 92.1 Å². The van der Waals surface area contributed by atoms with E-state index < -0.39 is 272 Å². The minimum atomic E-state index is -3.93. The zero-order chi connectivity index (χ0) is 90.4. The van der Waals surface area contributed by atoms with Gasteiger partial charge in [-0.05, 0) is 160 Å². The number of halogens is 2. The van der Waals surface area contributed by atoms with Crippen LogP contribution >= 0.6 is 23.2 Å². The molecule has 8 aliphatic heterocycles. The molecule has 0 aliphatic carbocycles. The Morgan fingerprint density at radius 3 is 2.01 bits per heavy atom. The van der Waals surface area contributed by atoms with Gasteiger partial charge in [-0.3, -0.25) is 33.6 Å². The smallest absolute Gasteiger partial charge is 0.408 e. The number of hydrogen-bond acceptors (Lipinski definition) is 28. The van der Waals surface area contributed by atoms with Crippen molar-refractivity contribution in [1.29, 1.82) is 0 Å². The summed E-state index contributed by atoms with van der Waals surface area (Å²) in [6.07, 6.45) is -16.8. The van der Waals surface area contributed by atoms with Crippen LogP contribution in [-0.4, -0.2) is 201 Å². The van der Waals surface area contributed by atoms with Gasteiger partial charge in [0.2, 0.25) is 51.6 Å². The van der Waals surface area contributed by atoms with Gasteiger partial charge >= 0.3 is 12.1 Å². The van der Waals surface area contributed by atoms with Crippen molar-refractivity contribution in [3.05, 3.63) is 140 Å². The van der Waals surface area contributed by atoms with E-state index in [9.17, 15) is 73.6 Å².